The van der Waals surface area contributed by atoms with Crippen LogP contribution < -0.4 is 5.32 Å². The average molecular weight is 329 g/mol. The third kappa shape index (κ3) is 3.28. The van der Waals surface area contributed by atoms with Crippen LogP contribution >= 0.6 is 23.1 Å². The van der Waals surface area contributed by atoms with Gasteiger partial charge in [-0.15, -0.1) is 11.3 Å². The summed E-state index contributed by atoms with van der Waals surface area (Å²) in [6, 6.07) is 9.74. The van der Waals surface area contributed by atoms with Gasteiger partial charge in [-0.25, -0.2) is 9.97 Å². The van der Waals surface area contributed by atoms with Gasteiger partial charge in [0.25, 0.3) is 0 Å². The lowest BCUT2D eigenvalue weighted by molar-refractivity contribution is -0.115. The summed E-state index contributed by atoms with van der Waals surface area (Å²) in [5.41, 5.74) is 2.90. The van der Waals surface area contributed by atoms with E-state index in [4.69, 9.17) is 0 Å². The van der Waals surface area contributed by atoms with Gasteiger partial charge in [0.1, 0.15) is 11.4 Å². The molecular weight excluding hydrogens is 314 g/mol. The van der Waals surface area contributed by atoms with Crippen LogP contribution in [-0.2, 0) is 4.79 Å². The van der Waals surface area contributed by atoms with Gasteiger partial charge in [-0.3, -0.25) is 4.79 Å². The summed E-state index contributed by atoms with van der Waals surface area (Å²) in [7, 11) is 0. The van der Waals surface area contributed by atoms with E-state index in [0.717, 1.165) is 20.9 Å². The number of carbonyl (C=O) groups is 1. The van der Waals surface area contributed by atoms with Gasteiger partial charge in [0.2, 0.25) is 5.91 Å². The van der Waals surface area contributed by atoms with Crippen molar-refractivity contribution in [3.63, 3.8) is 0 Å². The molecule has 0 saturated heterocycles. The Bertz CT molecular complexity index is 799. The zero-order valence-electron chi connectivity index (χ0n) is 12.2. The van der Waals surface area contributed by atoms with Gasteiger partial charge >= 0.3 is 0 Å². The van der Waals surface area contributed by atoms with E-state index in [0.29, 0.717) is 0 Å². The molecule has 0 saturated carbocycles. The normalized spacial score (nSPS) is 12.3. The fourth-order valence-corrected chi connectivity index (χ4v) is 3.79. The monoisotopic (exact) mass is 329 g/mol. The van der Waals surface area contributed by atoms with Crippen LogP contribution in [0, 0.1) is 6.92 Å². The highest BCUT2D eigenvalue weighted by Crippen LogP contribution is 2.31. The number of aromatic nitrogens is 2. The van der Waals surface area contributed by atoms with Crippen molar-refractivity contribution in [1.82, 2.24) is 9.97 Å². The Hall–Kier alpha value is -1.92. The predicted octanol–water partition coefficient (Wildman–Crippen LogP) is 4.12. The largest absolute Gasteiger partial charge is 0.325 e. The molecule has 112 valence electrons. The second kappa shape index (κ2) is 6.46. The first-order chi connectivity index (χ1) is 10.6. The minimum absolute atomic E-state index is 0.0304. The van der Waals surface area contributed by atoms with Crippen molar-refractivity contribution in [3.8, 4) is 0 Å². The van der Waals surface area contributed by atoms with Crippen molar-refractivity contribution in [1.29, 1.82) is 0 Å². The fraction of sp³-hybridized carbons (Fsp3) is 0.188. The van der Waals surface area contributed by atoms with Crippen LogP contribution in [0.25, 0.3) is 10.2 Å². The molecule has 6 heteroatoms. The second-order valence-corrected chi connectivity index (χ2v) is 7.17. The third-order valence-corrected chi connectivity index (χ3v) is 5.33. The minimum atomic E-state index is -0.235. The zero-order valence-corrected chi connectivity index (χ0v) is 13.9. The first-order valence-corrected chi connectivity index (χ1v) is 8.62. The van der Waals surface area contributed by atoms with Crippen molar-refractivity contribution in [2.24, 2.45) is 0 Å². The number of rotatable bonds is 4. The molecule has 3 rings (SSSR count). The number of hydrogen-bond acceptors (Lipinski definition) is 5. The summed E-state index contributed by atoms with van der Waals surface area (Å²) in [5, 5.41) is 5.54. The number of fused-ring (bicyclic) bond motifs is 1. The summed E-state index contributed by atoms with van der Waals surface area (Å²) in [6.07, 6.45) is 1.54. The standard InChI is InChI=1S/C16H15N3OS2/c1-10-3-5-12(6-4-10)19-15(20)11(2)22-16-14-13(7-8-21-14)17-9-18-16/h3-9,11H,1-2H3,(H,19,20). The Kier molecular flexibility index (Phi) is 4.40. The number of aryl methyl sites for hydroxylation is 1. The molecule has 0 aliphatic carbocycles. The summed E-state index contributed by atoms with van der Waals surface area (Å²) in [5.74, 6) is -0.0304. The molecule has 1 amide bonds. The topological polar surface area (TPSA) is 54.9 Å². The summed E-state index contributed by atoms with van der Waals surface area (Å²) < 4.78 is 1.03. The second-order valence-electron chi connectivity index (χ2n) is 4.93. The van der Waals surface area contributed by atoms with E-state index >= 15 is 0 Å². The van der Waals surface area contributed by atoms with Crippen LogP contribution in [0.5, 0.6) is 0 Å². The maximum absolute atomic E-state index is 12.3. The molecule has 1 aromatic carbocycles. The molecular formula is C16H15N3OS2. The van der Waals surface area contributed by atoms with Gasteiger partial charge in [-0.05, 0) is 37.4 Å². The summed E-state index contributed by atoms with van der Waals surface area (Å²) in [6.45, 7) is 3.90. The quantitative estimate of drug-likeness (QED) is 0.578. The van der Waals surface area contributed by atoms with Crippen LogP contribution in [0.1, 0.15) is 12.5 Å². The molecule has 4 nitrogen and oxygen atoms in total. The van der Waals surface area contributed by atoms with Gasteiger partial charge in [0, 0.05) is 5.69 Å². The number of nitrogens with zero attached hydrogens (tertiary/aromatic N) is 2. The molecule has 2 aromatic heterocycles. The number of thioether (sulfide) groups is 1. The Morgan fingerprint density at radius 2 is 2.00 bits per heavy atom. The molecule has 22 heavy (non-hydrogen) atoms. The number of benzene rings is 1. The first-order valence-electron chi connectivity index (χ1n) is 6.86. The minimum Gasteiger partial charge on any atom is -0.325 e. The molecule has 0 radical (unpaired) electrons. The predicted molar refractivity (Wildman–Crippen MR) is 92.5 cm³/mol. The van der Waals surface area contributed by atoms with Crippen molar-refractivity contribution < 1.29 is 4.79 Å². The molecule has 0 aliphatic heterocycles. The molecule has 2 heterocycles. The number of amides is 1. The van der Waals surface area contributed by atoms with Crippen molar-refractivity contribution in [2.45, 2.75) is 24.1 Å². The Balaban J connectivity index is 1.71. The lowest BCUT2D eigenvalue weighted by Gasteiger charge is -2.12. The first kappa shape index (κ1) is 15.0. The van der Waals surface area contributed by atoms with Crippen LogP contribution in [0.2, 0.25) is 0 Å². The molecule has 0 fully saturated rings. The summed E-state index contributed by atoms with van der Waals surface area (Å²) in [4.78, 5) is 20.8. The highest BCUT2D eigenvalue weighted by molar-refractivity contribution is 8.00. The van der Waals surface area contributed by atoms with Crippen molar-refractivity contribution in [3.05, 3.63) is 47.6 Å². The van der Waals surface area contributed by atoms with Crippen LogP contribution in [0.15, 0.2) is 47.1 Å². The van der Waals surface area contributed by atoms with Gasteiger partial charge < -0.3 is 5.32 Å². The Morgan fingerprint density at radius 1 is 1.23 bits per heavy atom. The van der Waals surface area contributed by atoms with Gasteiger partial charge in [0.05, 0.1) is 15.5 Å². The zero-order chi connectivity index (χ0) is 15.5. The van der Waals surface area contributed by atoms with Gasteiger partial charge in [-0.2, -0.15) is 0 Å². The number of hydrogen-bond donors (Lipinski definition) is 1. The average Bonchev–Trinajstić information content (AvgIpc) is 2.99. The SMILES string of the molecule is Cc1ccc(NC(=O)C(C)Sc2ncnc3ccsc23)cc1. The van der Waals surface area contributed by atoms with Gasteiger partial charge in [0.15, 0.2) is 0 Å². The van der Waals surface area contributed by atoms with Crippen LogP contribution in [0.4, 0.5) is 5.69 Å². The smallest absolute Gasteiger partial charge is 0.237 e. The molecule has 0 bridgehead atoms. The van der Waals surface area contributed by atoms with E-state index in [-0.39, 0.29) is 11.2 Å². The lowest BCUT2D eigenvalue weighted by Crippen LogP contribution is -2.22. The maximum Gasteiger partial charge on any atom is 0.237 e. The maximum atomic E-state index is 12.3. The van der Waals surface area contributed by atoms with E-state index in [1.807, 2.05) is 49.6 Å². The van der Waals surface area contributed by atoms with Crippen molar-refractivity contribution >= 4 is 44.9 Å². The van der Waals surface area contributed by atoms with E-state index in [1.165, 1.54) is 17.3 Å². The Morgan fingerprint density at radius 3 is 2.77 bits per heavy atom. The van der Waals surface area contributed by atoms with E-state index in [9.17, 15) is 4.79 Å². The number of thiophene rings is 1. The van der Waals surface area contributed by atoms with E-state index in [2.05, 4.69) is 15.3 Å². The number of anilines is 1. The lowest BCUT2D eigenvalue weighted by atomic mass is 10.2. The number of carbonyl (C=O) groups excluding carboxylic acids is 1. The van der Waals surface area contributed by atoms with E-state index < -0.39 is 0 Å². The molecule has 0 aliphatic rings. The van der Waals surface area contributed by atoms with E-state index in [1.54, 1.807) is 17.7 Å². The molecule has 1 N–H and O–H groups in total. The highest BCUT2D eigenvalue weighted by Gasteiger charge is 2.17. The van der Waals surface area contributed by atoms with Crippen LogP contribution in [-0.4, -0.2) is 21.1 Å². The molecule has 3 aromatic rings. The highest BCUT2D eigenvalue weighted by atomic mass is 32.2. The summed E-state index contributed by atoms with van der Waals surface area (Å²) >= 11 is 3.05. The van der Waals surface area contributed by atoms with Gasteiger partial charge in [-0.1, -0.05) is 29.5 Å². The fourth-order valence-electron chi connectivity index (χ4n) is 1.95. The number of nitrogens with one attached hydrogen (secondary N) is 1. The third-order valence-electron chi connectivity index (χ3n) is 3.19. The van der Waals surface area contributed by atoms with Crippen LogP contribution in [0.3, 0.4) is 0 Å². The Labute approximate surface area is 137 Å². The molecule has 1 unspecified atom stereocenters. The molecule has 0 spiro atoms. The van der Waals surface area contributed by atoms with Crippen molar-refractivity contribution in [2.75, 3.05) is 5.32 Å². The molecule has 1 atom stereocenters.